The van der Waals surface area contributed by atoms with Crippen LogP contribution in [0.15, 0.2) is 30.3 Å². The smallest absolute Gasteiger partial charge is 0.326 e. The number of hydrogen-bond acceptors (Lipinski definition) is 10. The van der Waals surface area contributed by atoms with Gasteiger partial charge in [0.1, 0.15) is 30.2 Å². The van der Waals surface area contributed by atoms with E-state index in [0.29, 0.717) is 12.0 Å². The molecule has 0 saturated carbocycles. The van der Waals surface area contributed by atoms with Crippen molar-refractivity contribution in [2.24, 2.45) is 5.73 Å². The Hall–Kier alpha value is -5.59. The minimum absolute atomic E-state index is 0.121. The van der Waals surface area contributed by atoms with E-state index in [1.165, 1.54) is 11.8 Å². The number of likely N-dealkylation sites (tertiary alicyclic amines) is 1. The summed E-state index contributed by atoms with van der Waals surface area (Å²) in [6.45, 7) is 1.51. The fraction of sp³-hybridized carbons (Fsp3) is 0.516. The molecule has 1 saturated heterocycles. The van der Waals surface area contributed by atoms with Crippen LogP contribution in [-0.2, 0) is 49.6 Å². The van der Waals surface area contributed by atoms with Gasteiger partial charge in [0.05, 0.1) is 12.5 Å². The molecule has 0 aliphatic carbocycles. The number of nitrogens with two attached hydrogens (primary N) is 1. The van der Waals surface area contributed by atoms with Crippen LogP contribution in [0.1, 0.15) is 57.4 Å². The van der Waals surface area contributed by atoms with E-state index in [9.17, 15) is 53.4 Å². The number of carbonyl (C=O) groups is 9. The number of aliphatic carboxylic acids is 4. The molecule has 0 spiro atoms. The molecule has 1 aromatic carbocycles. The van der Waals surface area contributed by atoms with Gasteiger partial charge in [-0.3, -0.25) is 38.4 Å². The highest BCUT2D eigenvalue weighted by atomic mass is 16.4. The molecule has 19 heteroatoms. The maximum Gasteiger partial charge on any atom is 0.326 e. The standard InChI is InChI=1S/C31H42N6O13/c1-16(33-26(44)18(32)9-11-23(38)39)30(48)37-13-5-8-22(37)29(47)35-20(14-17-6-3-2-4-7-17)28(46)34-19(10-12-24(40)41)27(45)36-21(31(49)50)15-25(42)43/h2-4,6-7,16,18-22H,5,8-15,32H2,1H3,(H,33,44)(H,34,46)(H,35,47)(H,36,45)(H,38,39)(H,40,41)(H,42,43)(H,49,50)/t16-,18-,19-,20-,21-,22-/m0/s1. The van der Waals surface area contributed by atoms with Crippen molar-refractivity contribution in [3.05, 3.63) is 35.9 Å². The summed E-state index contributed by atoms with van der Waals surface area (Å²) in [5, 5.41) is 45.7. The first-order valence-corrected chi connectivity index (χ1v) is 15.7. The Morgan fingerprint density at radius 2 is 1.34 bits per heavy atom. The Morgan fingerprint density at radius 1 is 0.760 bits per heavy atom. The van der Waals surface area contributed by atoms with Crippen molar-refractivity contribution in [2.45, 2.75) is 94.5 Å². The summed E-state index contributed by atoms with van der Waals surface area (Å²) < 4.78 is 0. The van der Waals surface area contributed by atoms with Gasteiger partial charge >= 0.3 is 23.9 Å². The molecular weight excluding hydrogens is 664 g/mol. The second kappa shape index (κ2) is 19.4. The summed E-state index contributed by atoms with van der Waals surface area (Å²) in [6, 6.07) is 0.0399. The van der Waals surface area contributed by atoms with Gasteiger partial charge in [0.15, 0.2) is 0 Å². The number of rotatable bonds is 20. The van der Waals surface area contributed by atoms with E-state index in [4.69, 9.17) is 15.9 Å². The van der Waals surface area contributed by atoms with Crippen molar-refractivity contribution in [1.82, 2.24) is 26.2 Å². The third-order valence-electron chi connectivity index (χ3n) is 7.76. The molecule has 1 fully saturated rings. The van der Waals surface area contributed by atoms with E-state index >= 15 is 0 Å². The van der Waals surface area contributed by atoms with Crippen molar-refractivity contribution in [3.8, 4) is 0 Å². The average Bonchev–Trinajstić information content (AvgIpc) is 3.54. The predicted octanol–water partition coefficient (Wildman–Crippen LogP) is -2.20. The first-order valence-electron chi connectivity index (χ1n) is 15.7. The Kier molecular flexibility index (Phi) is 15.8. The van der Waals surface area contributed by atoms with Crippen molar-refractivity contribution in [1.29, 1.82) is 0 Å². The number of nitrogens with zero attached hydrogens (tertiary/aromatic N) is 1. The lowest BCUT2D eigenvalue weighted by Gasteiger charge is -2.29. The van der Waals surface area contributed by atoms with Crippen LogP contribution in [0.5, 0.6) is 0 Å². The molecule has 0 bridgehead atoms. The van der Waals surface area contributed by atoms with Crippen LogP contribution in [0.4, 0.5) is 0 Å². The van der Waals surface area contributed by atoms with Crippen LogP contribution in [0.2, 0.25) is 0 Å². The molecule has 6 atom stereocenters. The van der Waals surface area contributed by atoms with E-state index < -0.39 is 109 Å². The minimum Gasteiger partial charge on any atom is -0.481 e. The van der Waals surface area contributed by atoms with Gasteiger partial charge in [0.25, 0.3) is 0 Å². The summed E-state index contributed by atoms with van der Waals surface area (Å²) in [7, 11) is 0. The van der Waals surface area contributed by atoms with E-state index in [-0.39, 0.29) is 32.2 Å². The van der Waals surface area contributed by atoms with Crippen molar-refractivity contribution in [2.75, 3.05) is 6.54 Å². The Balaban J connectivity index is 2.25. The molecule has 1 aliphatic rings. The van der Waals surface area contributed by atoms with Gasteiger partial charge in [0, 0.05) is 25.8 Å². The van der Waals surface area contributed by atoms with Gasteiger partial charge in [-0.25, -0.2) is 4.79 Å². The first kappa shape index (κ1) is 40.6. The lowest BCUT2D eigenvalue weighted by Crippen LogP contribution is -2.59. The molecule has 1 aromatic rings. The van der Waals surface area contributed by atoms with E-state index in [1.807, 2.05) is 5.32 Å². The molecule has 2 rings (SSSR count). The number of carbonyl (C=O) groups excluding carboxylic acids is 5. The van der Waals surface area contributed by atoms with Crippen molar-refractivity contribution < 1.29 is 63.6 Å². The topological polar surface area (TPSA) is 312 Å². The molecule has 19 nitrogen and oxygen atoms in total. The number of hydrogen-bond donors (Lipinski definition) is 9. The predicted molar refractivity (Wildman–Crippen MR) is 170 cm³/mol. The van der Waals surface area contributed by atoms with Crippen LogP contribution in [0, 0.1) is 0 Å². The summed E-state index contributed by atoms with van der Waals surface area (Å²) in [5.74, 6) is -9.96. The maximum absolute atomic E-state index is 13.6. The second-order valence-corrected chi connectivity index (χ2v) is 11.7. The second-order valence-electron chi connectivity index (χ2n) is 11.7. The van der Waals surface area contributed by atoms with E-state index in [1.54, 1.807) is 30.3 Å². The van der Waals surface area contributed by atoms with Gasteiger partial charge in [0.2, 0.25) is 29.5 Å². The molecular formula is C31H42N6O13. The van der Waals surface area contributed by atoms with Gasteiger partial charge < -0.3 is 52.3 Å². The lowest BCUT2D eigenvalue weighted by molar-refractivity contribution is -0.147. The van der Waals surface area contributed by atoms with Gasteiger partial charge in [-0.1, -0.05) is 30.3 Å². The zero-order valence-corrected chi connectivity index (χ0v) is 27.2. The number of amides is 5. The van der Waals surface area contributed by atoms with Crippen LogP contribution in [0.25, 0.3) is 0 Å². The molecule has 10 N–H and O–H groups in total. The van der Waals surface area contributed by atoms with Crippen LogP contribution >= 0.6 is 0 Å². The van der Waals surface area contributed by atoms with Gasteiger partial charge in [-0.2, -0.15) is 0 Å². The molecule has 1 aliphatic heterocycles. The molecule has 0 unspecified atom stereocenters. The largest absolute Gasteiger partial charge is 0.481 e. The van der Waals surface area contributed by atoms with Gasteiger partial charge in [-0.05, 0) is 38.2 Å². The Bertz CT molecular complexity index is 1440. The fourth-order valence-electron chi connectivity index (χ4n) is 5.13. The van der Waals surface area contributed by atoms with Gasteiger partial charge in [-0.15, -0.1) is 0 Å². The highest BCUT2D eigenvalue weighted by molar-refractivity contribution is 5.97. The average molecular weight is 707 g/mol. The molecule has 50 heavy (non-hydrogen) atoms. The minimum atomic E-state index is -1.89. The van der Waals surface area contributed by atoms with Crippen LogP contribution in [-0.4, -0.2) is 122 Å². The summed E-state index contributed by atoms with van der Waals surface area (Å²) in [6.07, 6.45) is -2.19. The fourth-order valence-corrected chi connectivity index (χ4v) is 5.13. The molecule has 0 aromatic heterocycles. The summed E-state index contributed by atoms with van der Waals surface area (Å²) in [5.41, 5.74) is 6.30. The number of carboxylic acids is 4. The van der Waals surface area contributed by atoms with Crippen LogP contribution < -0.4 is 27.0 Å². The number of nitrogens with one attached hydrogen (secondary N) is 4. The number of benzene rings is 1. The van der Waals surface area contributed by atoms with Crippen LogP contribution in [0.3, 0.4) is 0 Å². The highest BCUT2D eigenvalue weighted by Crippen LogP contribution is 2.19. The normalized spacial score (nSPS) is 16.8. The van der Waals surface area contributed by atoms with Crippen molar-refractivity contribution in [3.63, 3.8) is 0 Å². The molecule has 5 amide bonds. The van der Waals surface area contributed by atoms with E-state index in [2.05, 4.69) is 16.0 Å². The highest BCUT2D eigenvalue weighted by Gasteiger charge is 2.39. The quantitative estimate of drug-likeness (QED) is 0.0695. The third kappa shape index (κ3) is 13.1. The molecule has 1 heterocycles. The SMILES string of the molecule is C[C@H](NC(=O)[C@@H](N)CCC(=O)O)C(=O)N1CCC[C@H]1C(=O)N[C@@H](Cc1ccccc1)C(=O)N[C@@H](CCC(=O)O)C(=O)N[C@@H](CC(=O)O)C(=O)O. The zero-order chi connectivity index (χ0) is 37.5. The zero-order valence-electron chi connectivity index (χ0n) is 27.2. The lowest BCUT2D eigenvalue weighted by atomic mass is 10.0. The summed E-state index contributed by atoms with van der Waals surface area (Å²) in [4.78, 5) is 112. The first-order chi connectivity index (χ1) is 23.5. The van der Waals surface area contributed by atoms with E-state index in [0.717, 1.165) is 0 Å². The van der Waals surface area contributed by atoms with Crippen molar-refractivity contribution >= 4 is 53.4 Å². The summed E-state index contributed by atoms with van der Waals surface area (Å²) >= 11 is 0. The maximum atomic E-state index is 13.6. The third-order valence-corrected chi connectivity index (χ3v) is 7.76. The molecule has 0 radical (unpaired) electrons. The molecule has 274 valence electrons. The Labute approximate surface area is 285 Å². The Morgan fingerprint density at radius 3 is 1.92 bits per heavy atom. The monoisotopic (exact) mass is 706 g/mol. The number of carboxylic acid groups (broad SMARTS) is 4.